The molecule has 0 saturated heterocycles. The van der Waals surface area contributed by atoms with Crippen molar-refractivity contribution in [2.24, 2.45) is 5.10 Å². The maximum Gasteiger partial charge on any atom is 0.150 e. The zero-order valence-corrected chi connectivity index (χ0v) is 15.0. The van der Waals surface area contributed by atoms with Gasteiger partial charge in [-0.3, -0.25) is 5.43 Å². The largest absolute Gasteiger partial charge is 0.496 e. The van der Waals surface area contributed by atoms with Gasteiger partial charge in [0.15, 0.2) is 0 Å². The highest BCUT2D eigenvalue weighted by molar-refractivity contribution is 5.81. The van der Waals surface area contributed by atoms with Crippen LogP contribution < -0.4 is 15.1 Å². The fraction of sp³-hybridized carbons (Fsp3) is 0.150. The highest BCUT2D eigenvalue weighted by Crippen LogP contribution is 2.28. The summed E-state index contributed by atoms with van der Waals surface area (Å²) in [7, 11) is 5.67. The van der Waals surface area contributed by atoms with Crippen LogP contribution in [0.5, 0.6) is 5.75 Å². The third-order valence-corrected chi connectivity index (χ3v) is 3.85. The Kier molecular flexibility index (Phi) is 5.43. The smallest absolute Gasteiger partial charge is 0.150 e. The Morgan fingerprint density at radius 1 is 1.04 bits per heavy atom. The lowest BCUT2D eigenvalue weighted by Crippen LogP contribution is -2.08. The number of ether oxygens (including phenoxy) is 1. The SMILES string of the molecule is COc1ccccc1-c1cc(N/N=C/c2ccc(N(C)C)cc2)ncn1. The molecule has 0 atom stereocenters. The molecule has 3 rings (SSSR count). The van der Waals surface area contributed by atoms with Gasteiger partial charge in [0, 0.05) is 31.4 Å². The number of hydrogen-bond acceptors (Lipinski definition) is 6. The molecular weight excluding hydrogens is 326 g/mol. The second kappa shape index (κ2) is 8.11. The van der Waals surface area contributed by atoms with Gasteiger partial charge in [-0.1, -0.05) is 24.3 Å². The molecule has 0 fully saturated rings. The molecule has 0 aliphatic rings. The zero-order valence-electron chi connectivity index (χ0n) is 15.0. The van der Waals surface area contributed by atoms with E-state index in [1.54, 1.807) is 13.3 Å². The minimum Gasteiger partial charge on any atom is -0.496 e. The molecule has 1 aromatic heterocycles. The molecule has 1 heterocycles. The van der Waals surface area contributed by atoms with Crippen LogP contribution in [0.25, 0.3) is 11.3 Å². The molecule has 6 nitrogen and oxygen atoms in total. The lowest BCUT2D eigenvalue weighted by Gasteiger charge is -2.11. The highest BCUT2D eigenvalue weighted by Gasteiger charge is 2.07. The molecule has 0 saturated carbocycles. The minimum absolute atomic E-state index is 0.613. The number of hydrogen-bond donors (Lipinski definition) is 1. The van der Waals surface area contributed by atoms with Gasteiger partial charge in [-0.2, -0.15) is 5.10 Å². The van der Waals surface area contributed by atoms with Crippen molar-refractivity contribution in [3.8, 4) is 17.0 Å². The number of benzene rings is 2. The minimum atomic E-state index is 0.613. The molecule has 0 amide bonds. The average molecular weight is 347 g/mol. The van der Waals surface area contributed by atoms with Crippen molar-refractivity contribution in [2.75, 3.05) is 31.5 Å². The quantitative estimate of drug-likeness (QED) is 0.544. The first-order valence-corrected chi connectivity index (χ1v) is 8.19. The first-order chi connectivity index (χ1) is 12.7. The van der Waals surface area contributed by atoms with Gasteiger partial charge in [0.25, 0.3) is 0 Å². The standard InChI is InChI=1S/C20H21N5O/c1-25(2)16-10-8-15(9-11-16)13-23-24-20-12-18(21-14-22-20)17-6-4-5-7-19(17)26-3/h4-14H,1-3H3,(H,21,22,24)/b23-13+. The van der Waals surface area contributed by atoms with E-state index >= 15 is 0 Å². The van der Waals surface area contributed by atoms with E-state index in [9.17, 15) is 0 Å². The van der Waals surface area contributed by atoms with Gasteiger partial charge < -0.3 is 9.64 Å². The van der Waals surface area contributed by atoms with Crippen LogP contribution in [0.1, 0.15) is 5.56 Å². The van der Waals surface area contributed by atoms with E-state index in [1.807, 2.05) is 68.7 Å². The van der Waals surface area contributed by atoms with Crippen molar-refractivity contribution in [1.29, 1.82) is 0 Å². The number of methoxy groups -OCH3 is 1. The van der Waals surface area contributed by atoms with Crippen LogP contribution in [0.4, 0.5) is 11.5 Å². The van der Waals surface area contributed by atoms with Crippen molar-refractivity contribution >= 4 is 17.7 Å². The molecule has 0 bridgehead atoms. The summed E-state index contributed by atoms with van der Waals surface area (Å²) < 4.78 is 5.39. The fourth-order valence-corrected chi connectivity index (χ4v) is 2.45. The molecule has 0 spiro atoms. The third kappa shape index (κ3) is 4.16. The van der Waals surface area contributed by atoms with Gasteiger partial charge in [0.05, 0.1) is 19.0 Å². The Morgan fingerprint density at radius 3 is 2.54 bits per heavy atom. The summed E-state index contributed by atoms with van der Waals surface area (Å²) in [5, 5.41) is 4.25. The number of anilines is 2. The molecule has 1 N–H and O–H groups in total. The third-order valence-electron chi connectivity index (χ3n) is 3.85. The van der Waals surface area contributed by atoms with Crippen LogP contribution in [-0.2, 0) is 0 Å². The van der Waals surface area contributed by atoms with Crippen molar-refractivity contribution < 1.29 is 4.74 Å². The lowest BCUT2D eigenvalue weighted by molar-refractivity contribution is 0.416. The average Bonchev–Trinajstić information content (AvgIpc) is 2.68. The Hall–Kier alpha value is -3.41. The maximum absolute atomic E-state index is 5.39. The maximum atomic E-state index is 5.39. The fourth-order valence-electron chi connectivity index (χ4n) is 2.45. The number of nitrogens with zero attached hydrogens (tertiary/aromatic N) is 4. The van der Waals surface area contributed by atoms with Crippen molar-refractivity contribution in [3.63, 3.8) is 0 Å². The molecule has 26 heavy (non-hydrogen) atoms. The van der Waals surface area contributed by atoms with Crippen molar-refractivity contribution in [3.05, 3.63) is 66.5 Å². The van der Waals surface area contributed by atoms with Crippen LogP contribution in [0.15, 0.2) is 66.0 Å². The molecule has 6 heteroatoms. The van der Waals surface area contributed by atoms with E-state index in [0.717, 1.165) is 28.3 Å². The summed E-state index contributed by atoms with van der Waals surface area (Å²) in [6.45, 7) is 0. The van der Waals surface area contributed by atoms with Crippen LogP contribution in [0.3, 0.4) is 0 Å². The molecular formula is C20H21N5O. The summed E-state index contributed by atoms with van der Waals surface area (Å²) in [4.78, 5) is 10.6. The molecule has 132 valence electrons. The van der Waals surface area contributed by atoms with Gasteiger partial charge in [0.2, 0.25) is 0 Å². The van der Waals surface area contributed by atoms with E-state index < -0.39 is 0 Å². The van der Waals surface area contributed by atoms with Crippen molar-refractivity contribution in [1.82, 2.24) is 9.97 Å². The van der Waals surface area contributed by atoms with E-state index in [4.69, 9.17) is 4.74 Å². The van der Waals surface area contributed by atoms with E-state index in [-0.39, 0.29) is 0 Å². The van der Waals surface area contributed by atoms with Gasteiger partial charge in [0.1, 0.15) is 17.9 Å². The number of rotatable bonds is 6. The first-order valence-electron chi connectivity index (χ1n) is 8.19. The predicted octanol–water partition coefficient (Wildman–Crippen LogP) is 3.66. The summed E-state index contributed by atoms with van der Waals surface area (Å²) in [6, 6.07) is 17.7. The monoisotopic (exact) mass is 347 g/mol. The summed E-state index contributed by atoms with van der Waals surface area (Å²) in [5.74, 6) is 1.38. The van der Waals surface area contributed by atoms with Gasteiger partial charge in [-0.15, -0.1) is 0 Å². The van der Waals surface area contributed by atoms with Gasteiger partial charge in [-0.25, -0.2) is 9.97 Å². The normalized spacial score (nSPS) is 10.7. The number of aromatic nitrogens is 2. The van der Waals surface area contributed by atoms with E-state index in [1.165, 1.54) is 6.33 Å². The first kappa shape index (κ1) is 17.4. The van der Waals surface area contributed by atoms with Crippen LogP contribution >= 0.6 is 0 Å². The van der Waals surface area contributed by atoms with Gasteiger partial charge in [-0.05, 0) is 29.8 Å². The second-order valence-electron chi connectivity index (χ2n) is 5.84. The summed E-state index contributed by atoms with van der Waals surface area (Å²) in [5.41, 5.74) is 6.77. The Balaban J connectivity index is 1.73. The second-order valence-corrected chi connectivity index (χ2v) is 5.84. The zero-order chi connectivity index (χ0) is 18.4. The lowest BCUT2D eigenvalue weighted by atomic mass is 10.1. The van der Waals surface area contributed by atoms with Gasteiger partial charge >= 0.3 is 0 Å². The predicted molar refractivity (Wildman–Crippen MR) is 106 cm³/mol. The molecule has 3 aromatic rings. The number of nitrogens with one attached hydrogen (secondary N) is 1. The number of hydrazone groups is 1. The molecule has 0 unspecified atom stereocenters. The van der Waals surface area contributed by atoms with Crippen LogP contribution in [0, 0.1) is 0 Å². The van der Waals surface area contributed by atoms with E-state index in [0.29, 0.717) is 5.82 Å². The Bertz CT molecular complexity index is 891. The van der Waals surface area contributed by atoms with E-state index in [2.05, 4.69) is 25.4 Å². The Morgan fingerprint density at radius 2 is 1.81 bits per heavy atom. The highest BCUT2D eigenvalue weighted by atomic mass is 16.5. The van der Waals surface area contributed by atoms with Crippen molar-refractivity contribution in [2.45, 2.75) is 0 Å². The summed E-state index contributed by atoms with van der Waals surface area (Å²) >= 11 is 0. The molecule has 2 aromatic carbocycles. The Labute approximate surface area is 153 Å². The topological polar surface area (TPSA) is 62.6 Å². The van der Waals surface area contributed by atoms with Crippen LogP contribution in [0.2, 0.25) is 0 Å². The van der Waals surface area contributed by atoms with Crippen LogP contribution in [-0.4, -0.2) is 37.4 Å². The summed E-state index contributed by atoms with van der Waals surface area (Å²) in [6.07, 6.45) is 3.26. The molecule has 0 radical (unpaired) electrons. The molecule has 0 aliphatic carbocycles. The molecule has 0 aliphatic heterocycles. The number of para-hydroxylation sites is 1.